The fraction of sp³-hybridized carbons (Fsp3) is 0.333. The van der Waals surface area contributed by atoms with E-state index in [0.29, 0.717) is 11.1 Å². The summed E-state index contributed by atoms with van der Waals surface area (Å²) >= 11 is 0. The zero-order chi connectivity index (χ0) is 16.7. The highest BCUT2D eigenvalue weighted by Gasteiger charge is 2.24. The normalized spacial score (nSPS) is 16.0. The minimum atomic E-state index is 0.0424. The van der Waals surface area contributed by atoms with Gasteiger partial charge in [0.05, 0.1) is 18.0 Å². The molecule has 0 radical (unpaired) electrons. The first kappa shape index (κ1) is 15.0. The molecule has 0 aliphatic carbocycles. The van der Waals surface area contributed by atoms with E-state index in [4.69, 9.17) is 4.42 Å². The summed E-state index contributed by atoms with van der Waals surface area (Å²) in [6.07, 6.45) is 5.43. The predicted octanol–water partition coefficient (Wildman–Crippen LogP) is 2.22. The van der Waals surface area contributed by atoms with Crippen molar-refractivity contribution in [3.63, 3.8) is 0 Å². The maximum absolute atomic E-state index is 12.9. The van der Waals surface area contributed by atoms with Crippen molar-refractivity contribution in [2.24, 2.45) is 7.05 Å². The standard InChI is InChI=1S/C18H20N4O2/c1-20-6-8-22(9-7-20)18(23)16-4-3-14(13-11-19-21(2)12-13)15-5-10-24-17(15)16/h3-5,10-12H,6-9H2,1-2H3. The zero-order valence-corrected chi connectivity index (χ0v) is 13.9. The lowest BCUT2D eigenvalue weighted by atomic mass is 10.0. The molecule has 4 rings (SSSR count). The first-order chi connectivity index (χ1) is 11.6. The topological polar surface area (TPSA) is 54.5 Å². The van der Waals surface area contributed by atoms with Crippen LogP contribution in [0.2, 0.25) is 0 Å². The second kappa shape index (κ2) is 5.79. The summed E-state index contributed by atoms with van der Waals surface area (Å²) in [5, 5.41) is 5.18. The van der Waals surface area contributed by atoms with E-state index in [2.05, 4.69) is 17.0 Å². The first-order valence-electron chi connectivity index (χ1n) is 8.10. The quantitative estimate of drug-likeness (QED) is 0.725. The van der Waals surface area contributed by atoms with E-state index in [1.165, 1.54) is 0 Å². The van der Waals surface area contributed by atoms with Crippen LogP contribution < -0.4 is 0 Å². The number of hydrogen-bond acceptors (Lipinski definition) is 4. The lowest BCUT2D eigenvalue weighted by Gasteiger charge is -2.32. The van der Waals surface area contributed by atoms with Crippen LogP contribution in [0.25, 0.3) is 22.1 Å². The van der Waals surface area contributed by atoms with E-state index in [0.717, 1.165) is 42.7 Å². The van der Waals surface area contributed by atoms with Crippen LogP contribution in [0.3, 0.4) is 0 Å². The number of amides is 1. The Kier molecular flexibility index (Phi) is 3.61. The Labute approximate surface area is 140 Å². The van der Waals surface area contributed by atoms with Crippen LogP contribution in [0.15, 0.2) is 41.3 Å². The third-order valence-electron chi connectivity index (χ3n) is 4.65. The molecule has 0 unspecified atom stereocenters. The number of hydrogen-bond donors (Lipinski definition) is 0. The SMILES string of the molecule is CN1CCN(C(=O)c2ccc(-c3cnn(C)c3)c3ccoc23)CC1. The van der Waals surface area contributed by atoms with Crippen molar-refractivity contribution in [3.8, 4) is 11.1 Å². The minimum absolute atomic E-state index is 0.0424. The summed E-state index contributed by atoms with van der Waals surface area (Å²) in [5.41, 5.74) is 3.33. The summed E-state index contributed by atoms with van der Waals surface area (Å²) in [5.74, 6) is 0.0424. The van der Waals surface area contributed by atoms with E-state index >= 15 is 0 Å². The molecular formula is C18H20N4O2. The number of piperazine rings is 1. The van der Waals surface area contributed by atoms with Gasteiger partial charge in [0.15, 0.2) is 0 Å². The lowest BCUT2D eigenvalue weighted by molar-refractivity contribution is 0.0665. The van der Waals surface area contributed by atoms with Crippen LogP contribution in [0.1, 0.15) is 10.4 Å². The fourth-order valence-electron chi connectivity index (χ4n) is 3.22. The number of carbonyl (C=O) groups excluding carboxylic acids is 1. The first-order valence-corrected chi connectivity index (χ1v) is 8.10. The van der Waals surface area contributed by atoms with Crippen molar-refractivity contribution in [2.75, 3.05) is 33.2 Å². The Morgan fingerprint density at radius 1 is 1.12 bits per heavy atom. The van der Waals surface area contributed by atoms with Crippen molar-refractivity contribution in [1.29, 1.82) is 0 Å². The average molecular weight is 324 g/mol. The second-order valence-corrected chi connectivity index (χ2v) is 6.32. The Bertz CT molecular complexity index is 887. The zero-order valence-electron chi connectivity index (χ0n) is 13.9. The summed E-state index contributed by atoms with van der Waals surface area (Å²) in [6.45, 7) is 3.31. The number of aromatic nitrogens is 2. The molecule has 3 heterocycles. The van der Waals surface area contributed by atoms with Crippen LogP contribution in [0.4, 0.5) is 0 Å². The highest BCUT2D eigenvalue weighted by atomic mass is 16.3. The van der Waals surface area contributed by atoms with Crippen LogP contribution in [0, 0.1) is 0 Å². The number of nitrogens with zero attached hydrogens (tertiary/aromatic N) is 4. The highest BCUT2D eigenvalue weighted by molar-refractivity contribution is 6.08. The maximum atomic E-state index is 12.9. The molecule has 1 aromatic carbocycles. The van der Waals surface area contributed by atoms with Gasteiger partial charge < -0.3 is 14.2 Å². The molecule has 2 aromatic heterocycles. The summed E-state index contributed by atoms with van der Waals surface area (Å²) in [4.78, 5) is 17.0. The van der Waals surface area contributed by atoms with Gasteiger partial charge in [-0.2, -0.15) is 5.10 Å². The Morgan fingerprint density at radius 2 is 1.92 bits per heavy atom. The summed E-state index contributed by atoms with van der Waals surface area (Å²) in [7, 11) is 3.97. The van der Waals surface area contributed by atoms with Gasteiger partial charge in [-0.1, -0.05) is 6.07 Å². The number of carbonyl (C=O) groups is 1. The van der Waals surface area contributed by atoms with Gasteiger partial charge in [0.2, 0.25) is 0 Å². The molecule has 1 aliphatic heterocycles. The van der Waals surface area contributed by atoms with E-state index in [9.17, 15) is 4.79 Å². The monoisotopic (exact) mass is 324 g/mol. The van der Waals surface area contributed by atoms with Gasteiger partial charge in [-0.05, 0) is 24.7 Å². The molecule has 0 atom stereocenters. The summed E-state index contributed by atoms with van der Waals surface area (Å²) < 4.78 is 7.43. The molecule has 6 heteroatoms. The number of aryl methyl sites for hydroxylation is 1. The van der Waals surface area contributed by atoms with Gasteiger partial charge in [0.1, 0.15) is 5.58 Å². The number of furan rings is 1. The highest BCUT2D eigenvalue weighted by Crippen LogP contribution is 2.32. The number of rotatable bonds is 2. The van der Waals surface area contributed by atoms with Gasteiger partial charge in [0, 0.05) is 50.4 Å². The van der Waals surface area contributed by atoms with Gasteiger partial charge in [-0.25, -0.2) is 0 Å². The van der Waals surface area contributed by atoms with E-state index in [1.807, 2.05) is 42.5 Å². The molecule has 1 saturated heterocycles. The largest absolute Gasteiger partial charge is 0.463 e. The predicted molar refractivity (Wildman–Crippen MR) is 91.8 cm³/mol. The number of fused-ring (bicyclic) bond motifs is 1. The Hall–Kier alpha value is -2.60. The number of likely N-dealkylation sites (N-methyl/N-ethyl adjacent to an activating group) is 1. The Balaban J connectivity index is 1.73. The van der Waals surface area contributed by atoms with Gasteiger partial charge in [-0.15, -0.1) is 0 Å². The molecule has 3 aromatic rings. The van der Waals surface area contributed by atoms with Gasteiger partial charge in [0.25, 0.3) is 5.91 Å². The molecule has 1 aliphatic rings. The van der Waals surface area contributed by atoms with Crippen LogP contribution in [0.5, 0.6) is 0 Å². The van der Waals surface area contributed by atoms with Gasteiger partial charge >= 0.3 is 0 Å². The smallest absolute Gasteiger partial charge is 0.257 e. The van der Waals surface area contributed by atoms with Crippen molar-refractivity contribution < 1.29 is 9.21 Å². The van der Waals surface area contributed by atoms with E-state index in [1.54, 1.807) is 10.9 Å². The van der Waals surface area contributed by atoms with Crippen molar-refractivity contribution in [3.05, 3.63) is 42.4 Å². The van der Waals surface area contributed by atoms with E-state index < -0.39 is 0 Å². The average Bonchev–Trinajstić information content (AvgIpc) is 3.23. The molecule has 1 amide bonds. The molecule has 1 fully saturated rings. The second-order valence-electron chi connectivity index (χ2n) is 6.32. The molecule has 24 heavy (non-hydrogen) atoms. The molecule has 0 saturated carbocycles. The lowest BCUT2D eigenvalue weighted by Crippen LogP contribution is -2.47. The summed E-state index contributed by atoms with van der Waals surface area (Å²) in [6, 6.07) is 5.77. The van der Waals surface area contributed by atoms with Gasteiger partial charge in [-0.3, -0.25) is 9.48 Å². The van der Waals surface area contributed by atoms with Crippen molar-refractivity contribution in [1.82, 2.24) is 19.6 Å². The Morgan fingerprint density at radius 3 is 2.62 bits per heavy atom. The molecule has 0 spiro atoms. The third-order valence-corrected chi connectivity index (χ3v) is 4.65. The van der Waals surface area contributed by atoms with E-state index in [-0.39, 0.29) is 5.91 Å². The molecule has 6 nitrogen and oxygen atoms in total. The molecule has 124 valence electrons. The third kappa shape index (κ3) is 2.49. The number of benzene rings is 1. The molecule has 0 N–H and O–H groups in total. The van der Waals surface area contributed by atoms with Crippen molar-refractivity contribution in [2.45, 2.75) is 0 Å². The minimum Gasteiger partial charge on any atom is -0.463 e. The van der Waals surface area contributed by atoms with Crippen LogP contribution in [-0.2, 0) is 7.05 Å². The molecular weight excluding hydrogens is 304 g/mol. The molecule has 0 bridgehead atoms. The maximum Gasteiger partial charge on any atom is 0.257 e. The van der Waals surface area contributed by atoms with Crippen LogP contribution in [-0.4, -0.2) is 58.7 Å². The van der Waals surface area contributed by atoms with Crippen LogP contribution >= 0.6 is 0 Å². The fourth-order valence-corrected chi connectivity index (χ4v) is 3.22. The van der Waals surface area contributed by atoms with Crippen molar-refractivity contribution >= 4 is 16.9 Å².